The van der Waals surface area contributed by atoms with E-state index in [4.69, 9.17) is 18.9 Å². The van der Waals surface area contributed by atoms with Gasteiger partial charge >= 0.3 is 0 Å². The molecule has 216 valence electrons. The number of phenols is 1. The molecule has 2 aliphatic rings. The smallest absolute Gasteiger partial charge is 0.138 e. The van der Waals surface area contributed by atoms with Gasteiger partial charge in [0.25, 0.3) is 0 Å². The zero-order valence-corrected chi connectivity index (χ0v) is 23.4. The molecule has 39 heavy (non-hydrogen) atoms. The first-order chi connectivity index (χ1) is 19.1. The van der Waals surface area contributed by atoms with Gasteiger partial charge in [-0.25, -0.2) is 0 Å². The Morgan fingerprint density at radius 2 is 1.74 bits per heavy atom. The third-order valence-corrected chi connectivity index (χ3v) is 7.52. The van der Waals surface area contributed by atoms with Gasteiger partial charge in [-0.15, -0.1) is 0 Å². The lowest BCUT2D eigenvalue weighted by molar-refractivity contribution is -0.0777. The van der Waals surface area contributed by atoms with Gasteiger partial charge in [0.1, 0.15) is 5.75 Å². The zero-order chi connectivity index (χ0) is 27.5. The van der Waals surface area contributed by atoms with Gasteiger partial charge in [0.05, 0.1) is 43.8 Å². The molecule has 0 aromatic heterocycles. The Morgan fingerprint density at radius 3 is 2.46 bits per heavy atom. The first kappa shape index (κ1) is 29.8. The minimum absolute atomic E-state index is 0.0143. The molecule has 4 rings (SSSR count). The van der Waals surface area contributed by atoms with E-state index in [2.05, 4.69) is 34.9 Å². The number of aromatic hydroxyl groups is 1. The number of benzene rings is 2. The number of phenolic OH excluding ortho intramolecular Hbond substituents is 1. The highest BCUT2D eigenvalue weighted by atomic mass is 16.5. The molecule has 8 nitrogen and oxygen atoms in total. The summed E-state index contributed by atoms with van der Waals surface area (Å²) in [5.41, 5.74) is 4.00. The summed E-state index contributed by atoms with van der Waals surface area (Å²) in [6.07, 6.45) is 3.37. The minimum atomic E-state index is -0.482. The summed E-state index contributed by atoms with van der Waals surface area (Å²) in [4.78, 5) is 0. The van der Waals surface area contributed by atoms with Crippen LogP contribution in [0.2, 0.25) is 0 Å². The van der Waals surface area contributed by atoms with Crippen LogP contribution in [0.15, 0.2) is 42.5 Å². The number of aliphatic hydroxyl groups excluding tert-OH is 1. The number of piperidine rings is 1. The predicted molar refractivity (Wildman–Crippen MR) is 152 cm³/mol. The molecule has 1 aliphatic heterocycles. The molecule has 0 amide bonds. The number of anilines is 1. The van der Waals surface area contributed by atoms with Gasteiger partial charge in [0, 0.05) is 45.9 Å². The second-order valence-corrected chi connectivity index (χ2v) is 10.8. The third-order valence-electron chi connectivity index (χ3n) is 7.52. The Labute approximate surface area is 233 Å². The van der Waals surface area contributed by atoms with Crippen LogP contribution < -0.4 is 10.6 Å². The van der Waals surface area contributed by atoms with Gasteiger partial charge in [-0.3, -0.25) is 0 Å². The lowest BCUT2D eigenvalue weighted by Crippen LogP contribution is -2.51. The van der Waals surface area contributed by atoms with Gasteiger partial charge in [-0.05, 0) is 60.4 Å². The number of nitrogens with one attached hydrogen (secondary N) is 2. The Bertz CT molecular complexity index is 984. The Kier molecular flexibility index (Phi) is 11.9. The van der Waals surface area contributed by atoms with Gasteiger partial charge < -0.3 is 39.8 Å². The van der Waals surface area contributed by atoms with Crippen molar-refractivity contribution in [2.45, 2.75) is 70.1 Å². The van der Waals surface area contributed by atoms with E-state index >= 15 is 0 Å². The summed E-state index contributed by atoms with van der Waals surface area (Å²) in [6, 6.07) is 14.1. The Morgan fingerprint density at radius 1 is 1.00 bits per heavy atom. The number of hydrogen-bond acceptors (Lipinski definition) is 8. The molecule has 0 spiro atoms. The number of hydrogen-bond donors (Lipinski definition) is 4. The van der Waals surface area contributed by atoms with E-state index in [1.165, 1.54) is 18.4 Å². The van der Waals surface area contributed by atoms with Crippen LogP contribution in [0.5, 0.6) is 5.75 Å². The summed E-state index contributed by atoms with van der Waals surface area (Å²) in [5, 5.41) is 27.2. The van der Waals surface area contributed by atoms with E-state index in [-0.39, 0.29) is 23.9 Å². The van der Waals surface area contributed by atoms with Gasteiger partial charge in [0.2, 0.25) is 0 Å². The predicted octanol–water partition coefficient (Wildman–Crippen LogP) is 4.20. The van der Waals surface area contributed by atoms with Gasteiger partial charge in [-0.2, -0.15) is 0 Å². The van der Waals surface area contributed by atoms with E-state index in [0.717, 1.165) is 30.1 Å². The van der Waals surface area contributed by atoms with E-state index in [0.29, 0.717) is 58.2 Å². The fraction of sp³-hybridized carbons (Fsp3) is 0.613. The van der Waals surface area contributed by atoms with E-state index in [9.17, 15) is 10.2 Å². The molecule has 0 radical (unpaired) electrons. The molecular formula is C31H46N2O6. The van der Waals surface area contributed by atoms with Crippen LogP contribution in [0.25, 0.3) is 0 Å². The molecule has 4 N–H and O–H groups in total. The van der Waals surface area contributed by atoms with Crippen molar-refractivity contribution in [2.75, 3.05) is 51.9 Å². The van der Waals surface area contributed by atoms with Crippen LogP contribution in [-0.4, -0.2) is 75.1 Å². The largest absolute Gasteiger partial charge is 0.506 e. The Balaban J connectivity index is 1.42. The van der Waals surface area contributed by atoms with Crippen molar-refractivity contribution in [3.8, 4) is 5.75 Å². The average molecular weight is 543 g/mol. The summed E-state index contributed by atoms with van der Waals surface area (Å²) < 4.78 is 23.7. The monoisotopic (exact) mass is 542 g/mol. The number of ether oxygens (including phenoxy) is 4. The lowest BCUT2D eigenvalue weighted by atomic mass is 9.85. The number of aliphatic hydroxyl groups is 1. The Hall–Kier alpha value is -2.20. The standard InChI is InChI=1S/C31H46N2O6/c1-3-26(34)21-39-30-17-32-16-29(31(30)25-10-7-23(8-11-25)19-37-18-22-5-6-22)38-20-24-9-12-28(35)27(15-24)33-13-4-14-36-2/h7-12,15,22,26,29-35H,3-6,13-14,16-21H2,1-2H3/t26-,29-,30+,31+/m0/s1. The normalized spacial score (nSPS) is 22.1. The molecule has 0 unspecified atom stereocenters. The maximum absolute atomic E-state index is 10.3. The van der Waals surface area contributed by atoms with Crippen LogP contribution in [0, 0.1) is 5.92 Å². The molecule has 4 atom stereocenters. The molecule has 1 aliphatic carbocycles. The molecule has 1 saturated heterocycles. The number of rotatable bonds is 17. The van der Waals surface area contributed by atoms with E-state index in [1.807, 2.05) is 19.1 Å². The molecule has 0 bridgehead atoms. The molecule has 1 heterocycles. The van der Waals surface area contributed by atoms with Crippen molar-refractivity contribution in [1.82, 2.24) is 5.32 Å². The molecule has 2 fully saturated rings. The van der Waals surface area contributed by atoms with Crippen LogP contribution in [0.4, 0.5) is 5.69 Å². The second kappa shape index (κ2) is 15.6. The first-order valence-electron chi connectivity index (χ1n) is 14.4. The topological polar surface area (TPSA) is 101 Å². The second-order valence-electron chi connectivity index (χ2n) is 10.8. The summed E-state index contributed by atoms with van der Waals surface area (Å²) in [5.74, 6) is 0.988. The van der Waals surface area contributed by atoms with Crippen LogP contribution in [0.1, 0.15) is 55.2 Å². The van der Waals surface area contributed by atoms with Crippen molar-refractivity contribution in [3.05, 3.63) is 59.2 Å². The molecule has 1 saturated carbocycles. The third kappa shape index (κ3) is 9.45. The van der Waals surface area contributed by atoms with Gasteiger partial charge in [0.15, 0.2) is 0 Å². The average Bonchev–Trinajstić information content (AvgIpc) is 3.79. The minimum Gasteiger partial charge on any atom is -0.506 e. The van der Waals surface area contributed by atoms with Crippen molar-refractivity contribution < 1.29 is 29.2 Å². The summed E-state index contributed by atoms with van der Waals surface area (Å²) in [7, 11) is 1.68. The number of methoxy groups -OCH3 is 1. The highest BCUT2D eigenvalue weighted by Gasteiger charge is 2.36. The fourth-order valence-corrected chi connectivity index (χ4v) is 4.89. The maximum Gasteiger partial charge on any atom is 0.138 e. The maximum atomic E-state index is 10.3. The van der Waals surface area contributed by atoms with E-state index in [1.54, 1.807) is 13.2 Å². The van der Waals surface area contributed by atoms with Crippen LogP contribution >= 0.6 is 0 Å². The van der Waals surface area contributed by atoms with Crippen molar-refractivity contribution in [3.63, 3.8) is 0 Å². The highest BCUT2D eigenvalue weighted by Crippen LogP contribution is 2.33. The highest BCUT2D eigenvalue weighted by molar-refractivity contribution is 5.57. The SMILES string of the molecule is CC[C@H](O)CO[C@@H]1CNC[C@H](OCc2ccc(O)c(NCCCOC)c2)[C@H]1c1ccc(COCC2CC2)cc1. The molecule has 2 aromatic rings. The van der Waals surface area contributed by atoms with Gasteiger partial charge in [-0.1, -0.05) is 37.3 Å². The molecular weight excluding hydrogens is 496 g/mol. The molecule has 8 heteroatoms. The van der Waals surface area contributed by atoms with Crippen LogP contribution in [-0.2, 0) is 32.2 Å². The fourth-order valence-electron chi connectivity index (χ4n) is 4.89. The molecule has 2 aromatic carbocycles. The lowest BCUT2D eigenvalue weighted by Gasteiger charge is -2.39. The summed E-state index contributed by atoms with van der Waals surface area (Å²) >= 11 is 0. The quantitative estimate of drug-likeness (QED) is 0.174. The van der Waals surface area contributed by atoms with Crippen molar-refractivity contribution >= 4 is 5.69 Å². The van der Waals surface area contributed by atoms with Crippen molar-refractivity contribution in [1.29, 1.82) is 0 Å². The van der Waals surface area contributed by atoms with Crippen molar-refractivity contribution in [2.24, 2.45) is 5.92 Å². The summed E-state index contributed by atoms with van der Waals surface area (Å²) in [6.45, 7) is 6.93. The zero-order valence-electron chi connectivity index (χ0n) is 23.4. The first-order valence-corrected chi connectivity index (χ1v) is 14.4. The van der Waals surface area contributed by atoms with Crippen LogP contribution in [0.3, 0.4) is 0 Å². The van der Waals surface area contributed by atoms with E-state index < -0.39 is 6.10 Å².